The first-order chi connectivity index (χ1) is 12.0. The monoisotopic (exact) mass is 383 g/mol. The number of rotatable bonds is 2. The van der Waals surface area contributed by atoms with E-state index in [9.17, 15) is 13.6 Å². The van der Waals surface area contributed by atoms with E-state index in [0.717, 1.165) is 19.0 Å². The molecule has 0 radical (unpaired) electrons. The number of nitrogens with zero attached hydrogens (tertiary/aromatic N) is 2. The summed E-state index contributed by atoms with van der Waals surface area (Å²) in [6.45, 7) is 3.59. The zero-order chi connectivity index (χ0) is 17.6. The zero-order valence-corrected chi connectivity index (χ0v) is 15.1. The molecule has 4 rings (SSSR count). The van der Waals surface area contributed by atoms with E-state index in [-0.39, 0.29) is 41.9 Å². The molecule has 26 heavy (non-hydrogen) atoms. The van der Waals surface area contributed by atoms with Gasteiger partial charge in [-0.15, -0.1) is 12.4 Å². The average Bonchev–Trinajstić information content (AvgIpc) is 3.19. The number of carbonyl (C=O) groups is 1. The summed E-state index contributed by atoms with van der Waals surface area (Å²) in [5, 5.41) is 3.32. The van der Waals surface area contributed by atoms with Crippen molar-refractivity contribution < 1.29 is 18.0 Å². The van der Waals surface area contributed by atoms with E-state index in [2.05, 4.69) is 10.3 Å². The summed E-state index contributed by atoms with van der Waals surface area (Å²) in [6.07, 6.45) is 2.16. The van der Waals surface area contributed by atoms with Crippen molar-refractivity contribution in [2.45, 2.75) is 25.3 Å². The van der Waals surface area contributed by atoms with Gasteiger partial charge in [0.25, 0.3) is 5.91 Å². The SMILES string of the molecule is Cc1nc(C(=O)N2C[C@H](c3ccc(F)cc3F)[C@H]3CNCC[C@H]32)co1.Cl. The Morgan fingerprint density at radius 3 is 2.88 bits per heavy atom. The first kappa shape index (κ1) is 18.8. The van der Waals surface area contributed by atoms with Gasteiger partial charge in [-0.2, -0.15) is 0 Å². The molecule has 0 unspecified atom stereocenters. The maximum absolute atomic E-state index is 14.3. The van der Waals surface area contributed by atoms with Crippen molar-refractivity contribution >= 4 is 18.3 Å². The van der Waals surface area contributed by atoms with Crippen LogP contribution in [0.5, 0.6) is 0 Å². The summed E-state index contributed by atoms with van der Waals surface area (Å²) >= 11 is 0. The second-order valence-electron chi connectivity index (χ2n) is 6.71. The number of aryl methyl sites for hydroxylation is 1. The Kier molecular flexibility index (Phi) is 5.29. The van der Waals surface area contributed by atoms with Gasteiger partial charge in [0.15, 0.2) is 11.6 Å². The van der Waals surface area contributed by atoms with Crippen molar-refractivity contribution in [3.8, 4) is 0 Å². The smallest absolute Gasteiger partial charge is 0.276 e. The molecule has 2 aliphatic heterocycles. The molecule has 0 saturated carbocycles. The molecule has 1 aromatic heterocycles. The van der Waals surface area contributed by atoms with Crippen LogP contribution < -0.4 is 5.32 Å². The lowest BCUT2D eigenvalue weighted by atomic mass is 9.82. The third-order valence-electron chi connectivity index (χ3n) is 5.26. The van der Waals surface area contributed by atoms with E-state index in [1.54, 1.807) is 11.8 Å². The van der Waals surface area contributed by atoms with E-state index in [1.807, 2.05) is 0 Å². The van der Waals surface area contributed by atoms with E-state index in [1.165, 1.54) is 18.4 Å². The molecule has 0 bridgehead atoms. The van der Waals surface area contributed by atoms with Crippen molar-refractivity contribution in [2.24, 2.45) is 5.92 Å². The second kappa shape index (κ2) is 7.32. The third-order valence-corrected chi connectivity index (χ3v) is 5.26. The van der Waals surface area contributed by atoms with Gasteiger partial charge in [-0.1, -0.05) is 6.07 Å². The highest BCUT2D eigenvalue weighted by atomic mass is 35.5. The number of oxazole rings is 1. The van der Waals surface area contributed by atoms with Crippen LogP contribution in [0.25, 0.3) is 0 Å². The van der Waals surface area contributed by atoms with Crippen LogP contribution in [0.3, 0.4) is 0 Å². The summed E-state index contributed by atoms with van der Waals surface area (Å²) in [5.74, 6) is -0.991. The Labute approximate surface area is 156 Å². The predicted octanol–water partition coefficient (Wildman–Crippen LogP) is 2.90. The molecule has 2 fully saturated rings. The van der Waals surface area contributed by atoms with Crippen molar-refractivity contribution in [1.82, 2.24) is 15.2 Å². The van der Waals surface area contributed by atoms with E-state index in [0.29, 0.717) is 24.5 Å². The fourth-order valence-electron chi connectivity index (χ4n) is 4.12. The van der Waals surface area contributed by atoms with Crippen molar-refractivity contribution in [3.05, 3.63) is 53.2 Å². The second-order valence-corrected chi connectivity index (χ2v) is 6.71. The minimum atomic E-state index is -0.594. The normalized spacial score (nSPS) is 24.9. The molecule has 1 amide bonds. The van der Waals surface area contributed by atoms with Gasteiger partial charge in [0.1, 0.15) is 17.9 Å². The van der Waals surface area contributed by atoms with Crippen LogP contribution in [-0.2, 0) is 0 Å². The zero-order valence-electron chi connectivity index (χ0n) is 14.2. The van der Waals surface area contributed by atoms with Crippen LogP contribution in [-0.4, -0.2) is 41.5 Å². The summed E-state index contributed by atoms with van der Waals surface area (Å²) in [5.41, 5.74) is 0.738. The van der Waals surface area contributed by atoms with Gasteiger partial charge in [0.05, 0.1) is 0 Å². The van der Waals surface area contributed by atoms with Gasteiger partial charge in [0, 0.05) is 44.0 Å². The van der Waals surface area contributed by atoms with Crippen LogP contribution in [0.1, 0.15) is 34.3 Å². The maximum Gasteiger partial charge on any atom is 0.276 e. The Morgan fingerprint density at radius 2 is 2.19 bits per heavy atom. The minimum Gasteiger partial charge on any atom is -0.448 e. The molecule has 8 heteroatoms. The minimum absolute atomic E-state index is 0. The number of hydrogen-bond acceptors (Lipinski definition) is 4. The number of hydrogen-bond donors (Lipinski definition) is 1. The molecular weight excluding hydrogens is 364 g/mol. The summed E-state index contributed by atoms with van der Waals surface area (Å²) < 4.78 is 32.7. The number of fused-ring (bicyclic) bond motifs is 1. The molecule has 5 nitrogen and oxygen atoms in total. The van der Waals surface area contributed by atoms with Gasteiger partial charge in [-0.05, 0) is 24.6 Å². The molecule has 3 atom stereocenters. The van der Waals surface area contributed by atoms with Gasteiger partial charge in [-0.3, -0.25) is 4.79 Å². The van der Waals surface area contributed by atoms with Crippen LogP contribution >= 0.6 is 12.4 Å². The fourth-order valence-corrected chi connectivity index (χ4v) is 4.12. The first-order valence-corrected chi connectivity index (χ1v) is 8.43. The number of nitrogens with one attached hydrogen (secondary N) is 1. The first-order valence-electron chi connectivity index (χ1n) is 8.43. The van der Waals surface area contributed by atoms with Crippen molar-refractivity contribution in [2.75, 3.05) is 19.6 Å². The van der Waals surface area contributed by atoms with Crippen LogP contribution in [0.2, 0.25) is 0 Å². The standard InChI is InChI=1S/C18H19F2N3O2.ClH/c1-10-22-16(9-25-10)18(24)23-8-14(13-7-21-5-4-17(13)23)12-3-2-11(19)6-15(12)20;/h2-3,6,9,13-14,17,21H,4-5,7-8H2,1H3;1H/t13-,14-,17-;/m1./s1. The molecule has 2 aliphatic rings. The Balaban J connectivity index is 0.00000196. The van der Waals surface area contributed by atoms with Gasteiger partial charge in [0.2, 0.25) is 0 Å². The van der Waals surface area contributed by atoms with Crippen LogP contribution in [0.15, 0.2) is 28.9 Å². The number of likely N-dealkylation sites (tertiary alicyclic amines) is 1. The number of benzene rings is 1. The van der Waals surface area contributed by atoms with Gasteiger partial charge in [-0.25, -0.2) is 13.8 Å². The summed E-state index contributed by atoms with van der Waals surface area (Å²) in [7, 11) is 0. The lowest BCUT2D eigenvalue weighted by molar-refractivity contribution is 0.0691. The number of piperidine rings is 1. The number of aromatic nitrogens is 1. The van der Waals surface area contributed by atoms with E-state index >= 15 is 0 Å². The predicted molar refractivity (Wildman–Crippen MR) is 93.4 cm³/mol. The highest BCUT2D eigenvalue weighted by Crippen LogP contribution is 2.41. The number of halogens is 3. The van der Waals surface area contributed by atoms with Crippen LogP contribution in [0, 0.1) is 24.5 Å². The summed E-state index contributed by atoms with van der Waals surface area (Å²) in [6, 6.07) is 3.69. The van der Waals surface area contributed by atoms with Gasteiger partial charge < -0.3 is 14.6 Å². The topological polar surface area (TPSA) is 58.4 Å². The fraction of sp³-hybridized carbons (Fsp3) is 0.444. The van der Waals surface area contributed by atoms with Gasteiger partial charge >= 0.3 is 0 Å². The van der Waals surface area contributed by atoms with E-state index < -0.39 is 11.6 Å². The molecule has 1 aromatic carbocycles. The lowest BCUT2D eigenvalue weighted by Gasteiger charge is -2.32. The van der Waals surface area contributed by atoms with Crippen LogP contribution in [0.4, 0.5) is 8.78 Å². The molecule has 3 heterocycles. The van der Waals surface area contributed by atoms with Crippen molar-refractivity contribution in [1.29, 1.82) is 0 Å². The molecule has 140 valence electrons. The molecule has 0 spiro atoms. The largest absolute Gasteiger partial charge is 0.448 e. The molecule has 2 saturated heterocycles. The molecular formula is C18H20ClF2N3O2. The Bertz CT molecular complexity index is 813. The maximum atomic E-state index is 14.3. The van der Waals surface area contributed by atoms with E-state index in [4.69, 9.17) is 4.42 Å². The van der Waals surface area contributed by atoms with Crippen molar-refractivity contribution in [3.63, 3.8) is 0 Å². The Hall–Kier alpha value is -1.99. The number of carbonyl (C=O) groups excluding carboxylic acids is 1. The molecule has 2 aromatic rings. The highest BCUT2D eigenvalue weighted by Gasteiger charge is 2.46. The third kappa shape index (κ3) is 3.21. The Morgan fingerprint density at radius 1 is 1.38 bits per heavy atom. The average molecular weight is 384 g/mol. The number of amides is 1. The summed E-state index contributed by atoms with van der Waals surface area (Å²) in [4.78, 5) is 18.8. The quantitative estimate of drug-likeness (QED) is 0.866. The molecule has 0 aliphatic carbocycles. The molecule has 1 N–H and O–H groups in total. The highest BCUT2D eigenvalue weighted by molar-refractivity contribution is 5.92. The lowest BCUT2D eigenvalue weighted by Crippen LogP contribution is -2.46.